The maximum Gasteiger partial charge on any atom is 0.319 e. The second-order valence-electron chi connectivity index (χ2n) is 9.34. The SMILES string of the molecule is Cn1ccc2c3nc(-c4ccc(NC(=O)NCC5CCCO5)cc4)nc(N4CCOCC4)c3ccc21. The smallest absolute Gasteiger partial charge is 0.319 e. The summed E-state index contributed by atoms with van der Waals surface area (Å²) in [6.45, 7) is 4.25. The molecule has 2 fully saturated rings. The third kappa shape index (κ3) is 4.47. The Morgan fingerprint density at radius 1 is 1.03 bits per heavy atom. The minimum absolute atomic E-state index is 0.111. The molecule has 4 heterocycles. The number of morpholine rings is 1. The highest BCUT2D eigenvalue weighted by Gasteiger charge is 2.20. The Labute approximate surface area is 209 Å². The van der Waals surface area contributed by atoms with Gasteiger partial charge in [0, 0.05) is 67.0 Å². The van der Waals surface area contributed by atoms with Crippen molar-refractivity contribution in [1.29, 1.82) is 0 Å². The van der Waals surface area contributed by atoms with E-state index in [1.54, 1.807) is 0 Å². The first-order chi connectivity index (χ1) is 17.7. The Hall–Kier alpha value is -3.69. The topological polar surface area (TPSA) is 93.5 Å². The molecule has 6 rings (SSSR count). The monoisotopic (exact) mass is 486 g/mol. The van der Waals surface area contributed by atoms with Gasteiger partial charge in [-0.15, -0.1) is 0 Å². The second-order valence-corrected chi connectivity index (χ2v) is 9.34. The first-order valence-electron chi connectivity index (χ1n) is 12.5. The fourth-order valence-electron chi connectivity index (χ4n) is 4.96. The Balaban J connectivity index is 1.30. The number of rotatable bonds is 5. The van der Waals surface area contributed by atoms with E-state index < -0.39 is 0 Å². The van der Waals surface area contributed by atoms with Gasteiger partial charge in [0.15, 0.2) is 5.82 Å². The summed E-state index contributed by atoms with van der Waals surface area (Å²) in [6.07, 6.45) is 4.21. The van der Waals surface area contributed by atoms with Gasteiger partial charge in [0.05, 0.1) is 24.8 Å². The number of nitrogens with one attached hydrogen (secondary N) is 2. The maximum absolute atomic E-state index is 12.3. The van der Waals surface area contributed by atoms with E-state index in [0.29, 0.717) is 31.3 Å². The van der Waals surface area contributed by atoms with Gasteiger partial charge in [-0.05, 0) is 55.3 Å². The lowest BCUT2D eigenvalue weighted by atomic mass is 10.1. The summed E-state index contributed by atoms with van der Waals surface area (Å²) in [5.41, 5.74) is 3.68. The van der Waals surface area contributed by atoms with Crippen molar-refractivity contribution in [2.45, 2.75) is 18.9 Å². The molecule has 1 atom stereocenters. The Bertz CT molecular complexity index is 1390. The van der Waals surface area contributed by atoms with Gasteiger partial charge in [0.2, 0.25) is 0 Å². The molecule has 9 nitrogen and oxygen atoms in total. The average Bonchev–Trinajstić information content (AvgIpc) is 3.58. The summed E-state index contributed by atoms with van der Waals surface area (Å²) in [5.74, 6) is 1.59. The number of aromatic nitrogens is 3. The summed E-state index contributed by atoms with van der Waals surface area (Å²) in [4.78, 5) is 24.6. The van der Waals surface area contributed by atoms with Crippen molar-refractivity contribution in [3.05, 3.63) is 48.7 Å². The second kappa shape index (κ2) is 9.75. The number of aryl methyl sites for hydroxylation is 1. The van der Waals surface area contributed by atoms with E-state index in [2.05, 4.69) is 44.5 Å². The summed E-state index contributed by atoms with van der Waals surface area (Å²) < 4.78 is 13.2. The van der Waals surface area contributed by atoms with Gasteiger partial charge in [0.25, 0.3) is 0 Å². The van der Waals surface area contributed by atoms with Gasteiger partial charge in [-0.2, -0.15) is 0 Å². The molecule has 2 aromatic heterocycles. The van der Waals surface area contributed by atoms with Crippen LogP contribution >= 0.6 is 0 Å². The number of carbonyl (C=O) groups excluding carboxylic acids is 1. The summed E-state index contributed by atoms with van der Waals surface area (Å²) in [6, 6.07) is 13.8. The number of fused-ring (bicyclic) bond motifs is 3. The predicted octanol–water partition coefficient (Wildman–Crippen LogP) is 3.93. The van der Waals surface area contributed by atoms with Crippen LogP contribution in [-0.2, 0) is 16.5 Å². The molecule has 0 radical (unpaired) electrons. The van der Waals surface area contributed by atoms with E-state index in [1.807, 2.05) is 31.3 Å². The number of hydrogen-bond donors (Lipinski definition) is 2. The number of ether oxygens (including phenoxy) is 2. The molecule has 0 spiro atoms. The molecular formula is C27H30N6O3. The number of benzene rings is 2. The standard InChI is InChI=1S/C27H30N6O3/c1-32-11-10-21-23(32)9-8-22-24(21)30-25(31-26(22)33-12-15-35-16-13-33)18-4-6-19(7-5-18)29-27(34)28-17-20-3-2-14-36-20/h4-11,20H,2-3,12-17H2,1H3,(H2,28,29,34). The third-order valence-electron chi connectivity index (χ3n) is 6.94. The molecular weight excluding hydrogens is 456 g/mol. The van der Waals surface area contributed by atoms with Crippen LogP contribution in [0.4, 0.5) is 16.3 Å². The van der Waals surface area contributed by atoms with E-state index in [9.17, 15) is 4.79 Å². The summed E-state index contributed by atoms with van der Waals surface area (Å²) >= 11 is 0. The maximum atomic E-state index is 12.3. The summed E-state index contributed by atoms with van der Waals surface area (Å²) in [5, 5.41) is 7.93. The van der Waals surface area contributed by atoms with Crippen LogP contribution in [0.25, 0.3) is 33.2 Å². The van der Waals surface area contributed by atoms with Gasteiger partial charge in [0.1, 0.15) is 5.82 Å². The van der Waals surface area contributed by atoms with Gasteiger partial charge in [-0.1, -0.05) is 0 Å². The molecule has 2 aliphatic heterocycles. The molecule has 186 valence electrons. The van der Waals surface area contributed by atoms with Crippen molar-refractivity contribution in [3.63, 3.8) is 0 Å². The Morgan fingerprint density at radius 3 is 2.64 bits per heavy atom. The molecule has 9 heteroatoms. The highest BCUT2D eigenvalue weighted by Crippen LogP contribution is 2.33. The molecule has 2 amide bonds. The van der Waals surface area contributed by atoms with Crippen LogP contribution in [0.15, 0.2) is 48.7 Å². The van der Waals surface area contributed by atoms with Crippen LogP contribution in [0.1, 0.15) is 12.8 Å². The van der Waals surface area contributed by atoms with Crippen molar-refractivity contribution in [2.24, 2.45) is 7.05 Å². The fraction of sp³-hybridized carbons (Fsp3) is 0.370. The molecule has 1 unspecified atom stereocenters. The molecule has 0 bridgehead atoms. The molecule has 4 aromatic rings. The predicted molar refractivity (Wildman–Crippen MR) is 140 cm³/mol. The van der Waals surface area contributed by atoms with E-state index in [-0.39, 0.29) is 12.1 Å². The van der Waals surface area contributed by atoms with Gasteiger partial charge in [-0.3, -0.25) is 0 Å². The highest BCUT2D eigenvalue weighted by atomic mass is 16.5. The molecule has 36 heavy (non-hydrogen) atoms. The largest absolute Gasteiger partial charge is 0.378 e. The lowest BCUT2D eigenvalue weighted by Gasteiger charge is -2.29. The number of carbonyl (C=O) groups is 1. The van der Waals surface area contributed by atoms with E-state index in [1.165, 1.54) is 0 Å². The van der Waals surface area contributed by atoms with E-state index in [0.717, 1.165) is 65.7 Å². The van der Waals surface area contributed by atoms with E-state index >= 15 is 0 Å². The molecule has 2 saturated heterocycles. The van der Waals surface area contributed by atoms with E-state index in [4.69, 9.17) is 19.4 Å². The molecule has 2 N–H and O–H groups in total. The Morgan fingerprint density at radius 2 is 1.86 bits per heavy atom. The molecule has 2 aromatic carbocycles. The Kier molecular flexibility index (Phi) is 6.16. The quantitative estimate of drug-likeness (QED) is 0.444. The first-order valence-corrected chi connectivity index (χ1v) is 12.5. The zero-order valence-electron chi connectivity index (χ0n) is 20.4. The number of nitrogens with zero attached hydrogens (tertiary/aromatic N) is 4. The zero-order chi connectivity index (χ0) is 24.5. The lowest BCUT2D eigenvalue weighted by Crippen LogP contribution is -2.37. The van der Waals surface area contributed by atoms with Crippen molar-refractivity contribution >= 4 is 39.3 Å². The summed E-state index contributed by atoms with van der Waals surface area (Å²) in [7, 11) is 2.04. The molecule has 0 aliphatic carbocycles. The highest BCUT2D eigenvalue weighted by molar-refractivity contribution is 6.08. The van der Waals surface area contributed by atoms with Crippen LogP contribution in [0.5, 0.6) is 0 Å². The van der Waals surface area contributed by atoms with Crippen LogP contribution in [0, 0.1) is 0 Å². The fourth-order valence-corrected chi connectivity index (χ4v) is 4.96. The minimum atomic E-state index is -0.235. The first kappa shape index (κ1) is 22.8. The molecule has 2 aliphatic rings. The van der Waals surface area contributed by atoms with Crippen LogP contribution in [0.3, 0.4) is 0 Å². The average molecular weight is 487 g/mol. The lowest BCUT2D eigenvalue weighted by molar-refractivity contribution is 0.112. The number of anilines is 2. The normalized spacial score (nSPS) is 18.1. The zero-order valence-corrected chi connectivity index (χ0v) is 20.4. The number of hydrogen-bond acceptors (Lipinski definition) is 6. The van der Waals surface area contributed by atoms with Gasteiger partial charge in [-0.25, -0.2) is 14.8 Å². The van der Waals surface area contributed by atoms with Crippen LogP contribution in [-0.4, -0.2) is 66.1 Å². The number of amides is 2. The van der Waals surface area contributed by atoms with Crippen LogP contribution in [0.2, 0.25) is 0 Å². The number of urea groups is 1. The molecule has 0 saturated carbocycles. The van der Waals surface area contributed by atoms with Crippen LogP contribution < -0.4 is 15.5 Å². The van der Waals surface area contributed by atoms with Crippen molar-refractivity contribution in [2.75, 3.05) is 49.7 Å². The van der Waals surface area contributed by atoms with Crippen molar-refractivity contribution in [3.8, 4) is 11.4 Å². The van der Waals surface area contributed by atoms with Crippen molar-refractivity contribution < 1.29 is 14.3 Å². The van der Waals surface area contributed by atoms with Gasteiger partial charge >= 0.3 is 6.03 Å². The minimum Gasteiger partial charge on any atom is -0.378 e. The van der Waals surface area contributed by atoms with Gasteiger partial charge < -0.3 is 29.6 Å². The third-order valence-corrected chi connectivity index (χ3v) is 6.94. The van der Waals surface area contributed by atoms with Crippen molar-refractivity contribution in [1.82, 2.24) is 19.9 Å².